The minimum Gasteiger partial charge on any atom is -0.465 e. The molecule has 0 saturated heterocycles. The minimum absolute atomic E-state index is 0.181. The Bertz CT molecular complexity index is 1640. The van der Waals surface area contributed by atoms with E-state index in [4.69, 9.17) is 16.3 Å². The quantitative estimate of drug-likeness (QED) is 0.157. The molecule has 0 aliphatic rings. The van der Waals surface area contributed by atoms with Crippen LogP contribution in [0.25, 0.3) is 27.2 Å². The van der Waals surface area contributed by atoms with E-state index in [-0.39, 0.29) is 12.0 Å². The first-order chi connectivity index (χ1) is 18.2. The van der Waals surface area contributed by atoms with E-state index in [1.807, 2.05) is 34.9 Å². The van der Waals surface area contributed by atoms with E-state index in [2.05, 4.69) is 9.97 Å². The summed E-state index contributed by atoms with van der Waals surface area (Å²) < 4.78 is 47.7. The highest BCUT2D eigenvalue weighted by Gasteiger charge is 2.34. The average Bonchev–Trinajstić information content (AvgIpc) is 3.51. The van der Waals surface area contributed by atoms with Gasteiger partial charge < -0.3 is 4.74 Å². The third kappa shape index (κ3) is 5.04. The second-order valence-corrected chi connectivity index (χ2v) is 10.2. The fourth-order valence-electron chi connectivity index (χ4n) is 4.52. The predicted molar refractivity (Wildman–Crippen MR) is 142 cm³/mol. The highest BCUT2D eigenvalue weighted by molar-refractivity contribution is 7.16. The molecule has 0 N–H and O–H groups in total. The van der Waals surface area contributed by atoms with Gasteiger partial charge in [0.1, 0.15) is 21.4 Å². The topological polar surface area (TPSA) is 57.0 Å². The number of carbonyl (C=O) groups excluding carboxylic acids is 1. The lowest BCUT2D eigenvalue weighted by atomic mass is 9.90. The summed E-state index contributed by atoms with van der Waals surface area (Å²) in [5.41, 5.74) is 3.50. The van der Waals surface area contributed by atoms with Crippen molar-refractivity contribution in [1.82, 2.24) is 14.5 Å². The second-order valence-electron chi connectivity index (χ2n) is 8.81. The van der Waals surface area contributed by atoms with Crippen LogP contribution in [-0.2, 0) is 17.3 Å². The SMILES string of the molecule is COC(=O)c1sc(-n2cnc3cc(-c4ccnc(Cl)c4)ccc32)cc1CC(C)c1ccccc1C(F)(F)F. The number of fused-ring (bicyclic) bond motifs is 1. The fourth-order valence-corrected chi connectivity index (χ4v) is 5.79. The summed E-state index contributed by atoms with van der Waals surface area (Å²) in [4.78, 5) is 21.5. The lowest BCUT2D eigenvalue weighted by Gasteiger charge is -2.18. The van der Waals surface area contributed by atoms with Crippen LogP contribution in [0.15, 0.2) is 73.2 Å². The van der Waals surface area contributed by atoms with Crippen molar-refractivity contribution in [3.8, 4) is 16.1 Å². The van der Waals surface area contributed by atoms with Gasteiger partial charge in [0, 0.05) is 6.20 Å². The normalized spacial score (nSPS) is 12.6. The summed E-state index contributed by atoms with van der Waals surface area (Å²) in [6.45, 7) is 1.72. The Morgan fingerprint density at radius 2 is 1.84 bits per heavy atom. The highest BCUT2D eigenvalue weighted by atomic mass is 35.5. The number of methoxy groups -OCH3 is 1. The van der Waals surface area contributed by atoms with Crippen LogP contribution >= 0.6 is 22.9 Å². The lowest BCUT2D eigenvalue weighted by Crippen LogP contribution is -2.12. The first kappa shape index (κ1) is 25.9. The molecule has 10 heteroatoms. The number of esters is 1. The van der Waals surface area contributed by atoms with Gasteiger partial charge in [0.05, 0.1) is 23.7 Å². The van der Waals surface area contributed by atoms with Gasteiger partial charge in [0.25, 0.3) is 0 Å². The number of alkyl halides is 3. The third-order valence-corrected chi connectivity index (χ3v) is 7.70. The lowest BCUT2D eigenvalue weighted by molar-refractivity contribution is -0.138. The zero-order valence-corrected chi connectivity index (χ0v) is 21.9. The minimum atomic E-state index is -4.47. The van der Waals surface area contributed by atoms with Crippen LogP contribution in [-0.4, -0.2) is 27.6 Å². The van der Waals surface area contributed by atoms with Crippen LogP contribution in [0.3, 0.4) is 0 Å². The maximum atomic E-state index is 13.6. The Morgan fingerprint density at radius 1 is 1.08 bits per heavy atom. The van der Waals surface area contributed by atoms with Crippen LogP contribution in [0.4, 0.5) is 13.2 Å². The molecular formula is C28H21ClF3N3O2S. The number of aromatic nitrogens is 3. The van der Waals surface area contributed by atoms with Crippen molar-refractivity contribution < 1.29 is 22.7 Å². The van der Waals surface area contributed by atoms with Crippen molar-refractivity contribution in [2.75, 3.05) is 7.11 Å². The molecule has 5 aromatic rings. The number of ether oxygens (including phenoxy) is 1. The zero-order chi connectivity index (χ0) is 27.0. The third-order valence-electron chi connectivity index (χ3n) is 6.33. The van der Waals surface area contributed by atoms with E-state index in [0.717, 1.165) is 28.2 Å². The van der Waals surface area contributed by atoms with Crippen molar-refractivity contribution in [1.29, 1.82) is 0 Å². The molecule has 0 spiro atoms. The summed E-state index contributed by atoms with van der Waals surface area (Å²) in [5.74, 6) is -1.03. The predicted octanol–water partition coefficient (Wildman–Crippen LogP) is 7.95. The zero-order valence-electron chi connectivity index (χ0n) is 20.3. The fraction of sp³-hybridized carbons (Fsp3) is 0.179. The van der Waals surface area contributed by atoms with Crippen LogP contribution in [0, 0.1) is 0 Å². The van der Waals surface area contributed by atoms with E-state index in [0.29, 0.717) is 20.6 Å². The molecule has 38 heavy (non-hydrogen) atoms. The smallest absolute Gasteiger partial charge is 0.416 e. The number of pyridine rings is 1. The van der Waals surface area contributed by atoms with Crippen molar-refractivity contribution in [2.24, 2.45) is 0 Å². The van der Waals surface area contributed by atoms with Gasteiger partial charge >= 0.3 is 12.1 Å². The van der Waals surface area contributed by atoms with E-state index < -0.39 is 23.6 Å². The van der Waals surface area contributed by atoms with E-state index in [1.54, 1.807) is 31.6 Å². The summed E-state index contributed by atoms with van der Waals surface area (Å²) in [6, 6.07) is 16.8. The molecule has 3 aromatic heterocycles. The largest absolute Gasteiger partial charge is 0.465 e. The maximum absolute atomic E-state index is 13.6. The number of benzene rings is 2. The Hall–Kier alpha value is -3.69. The van der Waals surface area contributed by atoms with Gasteiger partial charge in [0.15, 0.2) is 0 Å². The van der Waals surface area contributed by atoms with Gasteiger partial charge in [-0.15, -0.1) is 11.3 Å². The molecule has 0 fully saturated rings. The number of rotatable bonds is 6. The molecule has 5 rings (SSSR count). The Morgan fingerprint density at radius 3 is 2.58 bits per heavy atom. The Kier molecular flexibility index (Phi) is 6.98. The average molecular weight is 556 g/mol. The number of imidazole rings is 1. The van der Waals surface area contributed by atoms with Crippen molar-refractivity contribution >= 4 is 39.9 Å². The molecule has 0 radical (unpaired) electrons. The number of halogens is 4. The van der Waals surface area contributed by atoms with Gasteiger partial charge in [-0.2, -0.15) is 13.2 Å². The van der Waals surface area contributed by atoms with E-state index >= 15 is 0 Å². The highest BCUT2D eigenvalue weighted by Crippen LogP contribution is 2.38. The van der Waals surface area contributed by atoms with Gasteiger partial charge in [-0.1, -0.05) is 42.8 Å². The van der Waals surface area contributed by atoms with Crippen molar-refractivity contribution in [2.45, 2.75) is 25.4 Å². The van der Waals surface area contributed by atoms with Crippen LogP contribution < -0.4 is 0 Å². The molecule has 1 atom stereocenters. The standard InChI is InChI=1S/C28H21ClF3N3O2S/c1-16(20-5-3-4-6-21(20)28(30,31)32)11-19-14-25(38-26(19)27(36)37-2)35-15-34-22-12-17(7-8-23(22)35)18-9-10-33-24(29)13-18/h3-10,12-16H,11H2,1-2H3. The molecule has 2 aromatic carbocycles. The molecular weight excluding hydrogens is 535 g/mol. The molecule has 0 bridgehead atoms. The molecule has 194 valence electrons. The van der Waals surface area contributed by atoms with Crippen molar-refractivity contribution in [3.05, 3.63) is 99.9 Å². The van der Waals surface area contributed by atoms with Crippen LogP contribution in [0.1, 0.15) is 39.2 Å². The summed E-state index contributed by atoms with van der Waals surface area (Å²) >= 11 is 7.25. The first-order valence-corrected chi connectivity index (χ1v) is 12.8. The van der Waals surface area contributed by atoms with Crippen LogP contribution in [0.2, 0.25) is 5.15 Å². The van der Waals surface area contributed by atoms with E-state index in [1.165, 1.54) is 30.6 Å². The summed E-state index contributed by atoms with van der Waals surface area (Å²) in [6.07, 6.45) is -0.942. The molecule has 0 aliphatic carbocycles. The van der Waals surface area contributed by atoms with Gasteiger partial charge in [-0.25, -0.2) is 14.8 Å². The second kappa shape index (κ2) is 10.2. The molecule has 0 amide bonds. The van der Waals surface area contributed by atoms with Gasteiger partial charge in [-0.05, 0) is 71.0 Å². The van der Waals surface area contributed by atoms with Gasteiger partial charge in [-0.3, -0.25) is 4.57 Å². The first-order valence-electron chi connectivity index (χ1n) is 11.6. The molecule has 0 saturated carbocycles. The number of thiophene rings is 1. The monoisotopic (exact) mass is 555 g/mol. The molecule has 3 heterocycles. The molecule has 1 unspecified atom stereocenters. The van der Waals surface area contributed by atoms with Gasteiger partial charge in [0.2, 0.25) is 0 Å². The van der Waals surface area contributed by atoms with Crippen LogP contribution in [0.5, 0.6) is 0 Å². The van der Waals surface area contributed by atoms with E-state index in [9.17, 15) is 18.0 Å². The summed E-state index contributed by atoms with van der Waals surface area (Å²) in [5, 5.41) is 1.10. The Balaban J connectivity index is 1.52. The number of hydrogen-bond acceptors (Lipinski definition) is 5. The Labute approximate surface area is 225 Å². The molecule has 5 nitrogen and oxygen atoms in total. The molecule has 0 aliphatic heterocycles. The summed E-state index contributed by atoms with van der Waals surface area (Å²) in [7, 11) is 1.29. The number of nitrogens with zero attached hydrogens (tertiary/aromatic N) is 3. The number of hydrogen-bond donors (Lipinski definition) is 0. The maximum Gasteiger partial charge on any atom is 0.416 e. The van der Waals surface area contributed by atoms with Crippen molar-refractivity contribution in [3.63, 3.8) is 0 Å². The number of carbonyl (C=O) groups is 1.